The molecule has 124 valence electrons. The zero-order valence-electron chi connectivity index (χ0n) is 13.1. The van der Waals surface area contributed by atoms with Gasteiger partial charge in [-0.05, 0) is 36.6 Å². The van der Waals surface area contributed by atoms with Crippen molar-refractivity contribution in [1.82, 2.24) is 15.2 Å². The second-order valence-electron chi connectivity index (χ2n) is 6.44. The summed E-state index contributed by atoms with van der Waals surface area (Å²) >= 11 is 6.06. The predicted molar refractivity (Wildman–Crippen MR) is 92.0 cm³/mol. The Bertz CT molecular complexity index is 810. The van der Waals surface area contributed by atoms with E-state index < -0.39 is 0 Å². The van der Waals surface area contributed by atoms with Gasteiger partial charge in [-0.25, -0.2) is 0 Å². The van der Waals surface area contributed by atoms with Gasteiger partial charge in [0, 0.05) is 35.8 Å². The summed E-state index contributed by atoms with van der Waals surface area (Å²) in [6.45, 7) is 0.466. The molecule has 0 saturated heterocycles. The normalized spacial score (nSPS) is 19.5. The van der Waals surface area contributed by atoms with Crippen molar-refractivity contribution in [3.05, 3.63) is 47.2 Å². The molecular formula is C18H18ClN3O2. The van der Waals surface area contributed by atoms with Gasteiger partial charge in [-0.1, -0.05) is 23.7 Å². The number of halogens is 1. The first-order valence-electron chi connectivity index (χ1n) is 8.15. The van der Waals surface area contributed by atoms with Gasteiger partial charge < -0.3 is 15.2 Å². The molecule has 4 rings (SSSR count). The Morgan fingerprint density at radius 1 is 1.29 bits per heavy atom. The molecule has 1 unspecified atom stereocenters. The molecule has 2 amide bonds. The third-order valence-corrected chi connectivity index (χ3v) is 4.73. The molecule has 0 spiro atoms. The number of nitrogens with zero attached hydrogens (tertiary/aromatic N) is 1. The highest BCUT2D eigenvalue weighted by molar-refractivity contribution is 6.30. The van der Waals surface area contributed by atoms with Gasteiger partial charge in [0.25, 0.3) is 5.91 Å². The summed E-state index contributed by atoms with van der Waals surface area (Å²) in [5.41, 5.74) is 2.47. The predicted octanol–water partition coefficient (Wildman–Crippen LogP) is 2.76. The molecular weight excluding hydrogens is 326 g/mol. The minimum atomic E-state index is -0.109. The highest BCUT2D eigenvalue weighted by atomic mass is 35.5. The number of rotatable bonds is 4. The molecule has 2 aromatic rings. The molecule has 6 heteroatoms. The van der Waals surface area contributed by atoms with Crippen LogP contribution in [0.15, 0.2) is 36.5 Å². The molecule has 2 heterocycles. The lowest BCUT2D eigenvalue weighted by molar-refractivity contribution is -0.122. The number of carbonyl (C=O) groups is 2. The van der Waals surface area contributed by atoms with E-state index in [1.807, 2.05) is 41.1 Å². The number of hydrogen-bond donors (Lipinski definition) is 2. The molecule has 1 atom stereocenters. The van der Waals surface area contributed by atoms with Crippen LogP contribution < -0.4 is 10.6 Å². The quantitative estimate of drug-likeness (QED) is 0.896. The van der Waals surface area contributed by atoms with E-state index in [0.29, 0.717) is 29.7 Å². The molecule has 2 N–H and O–H groups in total. The summed E-state index contributed by atoms with van der Waals surface area (Å²) in [6, 6.07) is 9.67. The smallest absolute Gasteiger partial charge is 0.268 e. The van der Waals surface area contributed by atoms with Crippen LogP contribution in [0, 0.1) is 0 Å². The molecule has 1 aliphatic heterocycles. The second kappa shape index (κ2) is 5.98. The highest BCUT2D eigenvalue weighted by Crippen LogP contribution is 2.29. The van der Waals surface area contributed by atoms with Crippen LogP contribution in [-0.2, 0) is 4.79 Å². The van der Waals surface area contributed by atoms with E-state index in [9.17, 15) is 9.59 Å². The van der Waals surface area contributed by atoms with Crippen molar-refractivity contribution in [3.8, 4) is 11.1 Å². The van der Waals surface area contributed by atoms with Crippen LogP contribution >= 0.6 is 11.6 Å². The van der Waals surface area contributed by atoms with E-state index >= 15 is 0 Å². The molecule has 0 bridgehead atoms. The van der Waals surface area contributed by atoms with Crippen LogP contribution in [0.25, 0.3) is 11.1 Å². The van der Waals surface area contributed by atoms with E-state index in [0.717, 1.165) is 24.0 Å². The Morgan fingerprint density at radius 3 is 2.88 bits per heavy atom. The van der Waals surface area contributed by atoms with E-state index in [1.54, 1.807) is 0 Å². The zero-order chi connectivity index (χ0) is 16.7. The number of benzene rings is 1. The lowest BCUT2D eigenvalue weighted by atomic mass is 10.1. The Kier molecular flexibility index (Phi) is 3.81. The van der Waals surface area contributed by atoms with Crippen LogP contribution in [0.4, 0.5) is 0 Å². The summed E-state index contributed by atoms with van der Waals surface area (Å²) < 4.78 is 1.92. The number of hydrogen-bond acceptors (Lipinski definition) is 2. The van der Waals surface area contributed by atoms with E-state index in [1.165, 1.54) is 0 Å². The van der Waals surface area contributed by atoms with E-state index in [4.69, 9.17) is 11.6 Å². The lowest BCUT2D eigenvalue weighted by Gasteiger charge is -2.26. The van der Waals surface area contributed by atoms with Gasteiger partial charge in [-0.15, -0.1) is 0 Å². The number of carbonyl (C=O) groups excluding carboxylic acids is 2. The number of amides is 2. The van der Waals surface area contributed by atoms with Gasteiger partial charge in [0.15, 0.2) is 0 Å². The molecule has 1 saturated carbocycles. The maximum atomic E-state index is 12.2. The molecule has 1 fully saturated rings. The van der Waals surface area contributed by atoms with Crippen LogP contribution in [0.1, 0.15) is 35.8 Å². The maximum Gasteiger partial charge on any atom is 0.268 e. The maximum absolute atomic E-state index is 12.2. The van der Waals surface area contributed by atoms with Crippen LogP contribution in [0.2, 0.25) is 5.02 Å². The fourth-order valence-electron chi connectivity index (χ4n) is 3.09. The molecule has 5 nitrogen and oxygen atoms in total. The zero-order valence-corrected chi connectivity index (χ0v) is 13.8. The van der Waals surface area contributed by atoms with Gasteiger partial charge in [0.2, 0.25) is 5.91 Å². The second-order valence-corrected chi connectivity index (χ2v) is 6.88. The van der Waals surface area contributed by atoms with Crippen molar-refractivity contribution in [1.29, 1.82) is 0 Å². The SMILES string of the molecule is O=C(CC1CNC(=O)c2cc(-c3cccc(Cl)c3)cn21)NC1CC1. The van der Waals surface area contributed by atoms with Crippen molar-refractivity contribution < 1.29 is 9.59 Å². The minimum absolute atomic E-state index is 0.0441. The molecule has 0 radical (unpaired) electrons. The summed E-state index contributed by atoms with van der Waals surface area (Å²) in [4.78, 5) is 24.3. The molecule has 2 aliphatic rings. The minimum Gasteiger partial charge on any atom is -0.353 e. The van der Waals surface area contributed by atoms with Gasteiger partial charge in [-0.2, -0.15) is 0 Å². The third kappa shape index (κ3) is 3.04. The molecule has 1 aliphatic carbocycles. The Hall–Kier alpha value is -2.27. The fraction of sp³-hybridized carbons (Fsp3) is 0.333. The highest BCUT2D eigenvalue weighted by Gasteiger charge is 2.29. The first kappa shape index (κ1) is 15.3. The van der Waals surface area contributed by atoms with Crippen molar-refractivity contribution in [2.75, 3.05) is 6.54 Å². The first-order chi connectivity index (χ1) is 11.6. The summed E-state index contributed by atoms with van der Waals surface area (Å²) in [5.74, 6) is -0.0651. The number of fused-ring (bicyclic) bond motifs is 1. The molecule has 24 heavy (non-hydrogen) atoms. The van der Waals surface area contributed by atoms with Crippen molar-refractivity contribution in [2.45, 2.75) is 31.3 Å². The summed E-state index contributed by atoms with van der Waals surface area (Å²) in [7, 11) is 0. The first-order valence-corrected chi connectivity index (χ1v) is 8.53. The van der Waals surface area contributed by atoms with Crippen molar-refractivity contribution in [3.63, 3.8) is 0 Å². The van der Waals surface area contributed by atoms with Crippen LogP contribution in [0.3, 0.4) is 0 Å². The monoisotopic (exact) mass is 343 g/mol. The van der Waals surface area contributed by atoms with Crippen molar-refractivity contribution in [2.24, 2.45) is 0 Å². The molecule has 1 aromatic carbocycles. The average Bonchev–Trinajstić information content (AvgIpc) is 3.24. The standard InChI is InChI=1S/C18H18ClN3O2/c19-13-3-1-2-11(6-13)12-7-16-18(24)20-9-15(22(16)10-12)8-17(23)21-14-4-5-14/h1-3,6-7,10,14-15H,4-5,8-9H2,(H,20,24)(H,21,23). The van der Waals surface area contributed by atoms with E-state index in [2.05, 4.69) is 10.6 Å². The lowest BCUT2D eigenvalue weighted by Crippen LogP contribution is -2.40. The fourth-order valence-corrected chi connectivity index (χ4v) is 3.28. The van der Waals surface area contributed by atoms with Crippen LogP contribution in [0.5, 0.6) is 0 Å². The van der Waals surface area contributed by atoms with Gasteiger partial charge in [0.05, 0.1) is 6.04 Å². The Labute approximate surface area is 145 Å². The van der Waals surface area contributed by atoms with Gasteiger partial charge in [-0.3, -0.25) is 9.59 Å². The summed E-state index contributed by atoms with van der Waals surface area (Å²) in [5, 5.41) is 6.53. The number of nitrogens with one attached hydrogen (secondary N) is 2. The Morgan fingerprint density at radius 2 is 2.12 bits per heavy atom. The van der Waals surface area contributed by atoms with E-state index in [-0.39, 0.29) is 17.9 Å². The van der Waals surface area contributed by atoms with Gasteiger partial charge >= 0.3 is 0 Å². The number of aromatic nitrogens is 1. The molecule has 1 aromatic heterocycles. The average molecular weight is 344 g/mol. The van der Waals surface area contributed by atoms with Gasteiger partial charge in [0.1, 0.15) is 5.69 Å². The summed E-state index contributed by atoms with van der Waals surface area (Å²) in [6.07, 6.45) is 4.45. The van der Waals surface area contributed by atoms with Crippen LogP contribution in [-0.4, -0.2) is 29.0 Å². The third-order valence-electron chi connectivity index (χ3n) is 4.49. The largest absolute Gasteiger partial charge is 0.353 e. The van der Waals surface area contributed by atoms with Crippen molar-refractivity contribution >= 4 is 23.4 Å². The topological polar surface area (TPSA) is 63.1 Å². The Balaban J connectivity index is 1.61.